The van der Waals surface area contributed by atoms with Crippen LogP contribution in [-0.2, 0) is 10.0 Å². The van der Waals surface area contributed by atoms with E-state index in [0.717, 1.165) is 0 Å². The van der Waals surface area contributed by atoms with Crippen LogP contribution in [0.2, 0.25) is 0 Å². The maximum absolute atomic E-state index is 11.4. The molecule has 0 spiro atoms. The molecule has 0 saturated heterocycles. The lowest BCUT2D eigenvalue weighted by Gasteiger charge is -2.12. The van der Waals surface area contributed by atoms with E-state index in [0.29, 0.717) is 22.4 Å². The average Bonchev–Trinajstić information content (AvgIpc) is 2.19. The van der Waals surface area contributed by atoms with Gasteiger partial charge in [0.2, 0.25) is 10.0 Å². The van der Waals surface area contributed by atoms with Gasteiger partial charge in [0, 0.05) is 4.47 Å². The highest BCUT2D eigenvalue weighted by atomic mass is 79.9. The number of sulfonamides is 1. The number of primary sulfonamides is 1. The number of halogens is 1. The zero-order chi connectivity index (χ0) is 13.1. The van der Waals surface area contributed by atoms with Crippen molar-refractivity contribution >= 4 is 26.0 Å². The SMILES string of the molecule is C/C=C/COc1c(C)cc(Br)cc1S(N)(=O)=O. The molecule has 17 heavy (non-hydrogen) atoms. The maximum atomic E-state index is 11.4. The first kappa shape index (κ1) is 14.2. The van der Waals surface area contributed by atoms with Crippen molar-refractivity contribution in [1.29, 1.82) is 0 Å². The van der Waals surface area contributed by atoms with Crippen LogP contribution in [0, 0.1) is 6.92 Å². The van der Waals surface area contributed by atoms with Crippen molar-refractivity contribution in [2.45, 2.75) is 18.7 Å². The number of hydrogen-bond acceptors (Lipinski definition) is 3. The third-order valence-corrected chi connectivity index (χ3v) is 3.45. The van der Waals surface area contributed by atoms with Crippen LogP contribution in [0.1, 0.15) is 12.5 Å². The first-order chi connectivity index (χ1) is 7.86. The maximum Gasteiger partial charge on any atom is 0.241 e. The Balaban J connectivity index is 3.26. The van der Waals surface area contributed by atoms with Gasteiger partial charge in [-0.25, -0.2) is 13.6 Å². The van der Waals surface area contributed by atoms with Gasteiger partial charge in [-0.2, -0.15) is 0 Å². The Morgan fingerprint density at radius 3 is 2.65 bits per heavy atom. The summed E-state index contributed by atoms with van der Waals surface area (Å²) in [7, 11) is -3.79. The molecule has 0 amide bonds. The molecule has 0 aliphatic carbocycles. The van der Waals surface area contributed by atoms with Gasteiger partial charge in [0.25, 0.3) is 0 Å². The molecule has 0 saturated carbocycles. The molecule has 0 bridgehead atoms. The second-order valence-electron chi connectivity index (χ2n) is 3.47. The van der Waals surface area contributed by atoms with Gasteiger partial charge < -0.3 is 4.74 Å². The highest BCUT2D eigenvalue weighted by Gasteiger charge is 2.18. The van der Waals surface area contributed by atoms with Crippen LogP contribution >= 0.6 is 15.9 Å². The molecular weight excluding hydrogens is 306 g/mol. The summed E-state index contributed by atoms with van der Waals surface area (Å²) in [4.78, 5) is -0.00567. The van der Waals surface area contributed by atoms with Gasteiger partial charge in [-0.3, -0.25) is 0 Å². The number of hydrogen-bond donors (Lipinski definition) is 1. The standard InChI is InChI=1S/C11H14BrNO3S/c1-3-4-5-16-11-8(2)6-9(12)7-10(11)17(13,14)15/h3-4,6-7H,5H2,1-2H3,(H2,13,14,15)/b4-3+. The normalized spacial score (nSPS) is 12.0. The van der Waals surface area contributed by atoms with Gasteiger partial charge in [-0.1, -0.05) is 28.1 Å². The zero-order valence-electron chi connectivity index (χ0n) is 9.60. The summed E-state index contributed by atoms with van der Waals surface area (Å²) >= 11 is 3.23. The molecular formula is C11H14BrNO3S. The predicted octanol–water partition coefficient (Wildman–Crippen LogP) is 2.36. The van der Waals surface area contributed by atoms with E-state index in [1.165, 1.54) is 6.07 Å². The third-order valence-electron chi connectivity index (χ3n) is 2.07. The Bertz CT molecular complexity index is 538. The molecule has 1 aromatic carbocycles. The lowest BCUT2D eigenvalue weighted by Crippen LogP contribution is -2.14. The zero-order valence-corrected chi connectivity index (χ0v) is 12.0. The van der Waals surface area contributed by atoms with Gasteiger partial charge in [0.05, 0.1) is 0 Å². The second-order valence-corrected chi connectivity index (χ2v) is 5.92. The smallest absolute Gasteiger partial charge is 0.241 e. The molecule has 4 nitrogen and oxygen atoms in total. The minimum Gasteiger partial charge on any atom is -0.488 e. The van der Waals surface area contributed by atoms with Crippen LogP contribution in [0.15, 0.2) is 33.7 Å². The van der Waals surface area contributed by atoms with E-state index in [2.05, 4.69) is 15.9 Å². The second kappa shape index (κ2) is 5.66. The molecule has 1 aromatic rings. The Labute approximate surface area is 110 Å². The van der Waals surface area contributed by atoms with Crippen molar-refractivity contribution in [1.82, 2.24) is 0 Å². The van der Waals surface area contributed by atoms with Crippen LogP contribution in [0.3, 0.4) is 0 Å². The Hall–Kier alpha value is -0.850. The van der Waals surface area contributed by atoms with Crippen molar-refractivity contribution < 1.29 is 13.2 Å². The van der Waals surface area contributed by atoms with Crippen molar-refractivity contribution in [3.05, 3.63) is 34.3 Å². The van der Waals surface area contributed by atoms with E-state index in [-0.39, 0.29) is 4.90 Å². The Morgan fingerprint density at radius 2 is 2.12 bits per heavy atom. The fourth-order valence-corrected chi connectivity index (χ4v) is 2.82. The van der Waals surface area contributed by atoms with Crippen molar-refractivity contribution in [2.75, 3.05) is 6.61 Å². The monoisotopic (exact) mass is 319 g/mol. The van der Waals surface area contributed by atoms with Gasteiger partial charge in [0.1, 0.15) is 17.3 Å². The Kier molecular flexibility index (Phi) is 4.73. The molecule has 0 aliphatic heterocycles. The fraction of sp³-hybridized carbons (Fsp3) is 0.273. The molecule has 2 N–H and O–H groups in total. The molecule has 0 atom stereocenters. The molecule has 0 radical (unpaired) electrons. The third kappa shape index (κ3) is 3.83. The van der Waals surface area contributed by atoms with Crippen molar-refractivity contribution in [3.8, 4) is 5.75 Å². The number of benzene rings is 1. The van der Waals surface area contributed by atoms with Crippen molar-refractivity contribution in [3.63, 3.8) is 0 Å². The molecule has 6 heteroatoms. The van der Waals surface area contributed by atoms with Crippen LogP contribution in [-0.4, -0.2) is 15.0 Å². The molecule has 0 unspecified atom stereocenters. The van der Waals surface area contributed by atoms with Crippen LogP contribution in [0.25, 0.3) is 0 Å². The summed E-state index contributed by atoms with van der Waals surface area (Å²) < 4.78 is 29.0. The number of aryl methyl sites for hydroxylation is 1. The summed E-state index contributed by atoms with van der Waals surface area (Å²) in [6.07, 6.45) is 3.61. The van der Waals surface area contributed by atoms with Gasteiger partial charge in [-0.15, -0.1) is 0 Å². The average molecular weight is 320 g/mol. The van der Waals surface area contributed by atoms with Gasteiger partial charge in [-0.05, 0) is 31.5 Å². The highest BCUT2D eigenvalue weighted by molar-refractivity contribution is 9.10. The van der Waals surface area contributed by atoms with E-state index >= 15 is 0 Å². The first-order valence-corrected chi connectivity index (χ1v) is 7.27. The predicted molar refractivity (Wildman–Crippen MR) is 70.6 cm³/mol. The molecule has 1 rings (SSSR count). The summed E-state index contributed by atoms with van der Waals surface area (Å²) in [6, 6.07) is 3.22. The Morgan fingerprint density at radius 1 is 1.47 bits per heavy atom. The number of allylic oxidation sites excluding steroid dienone is 1. The summed E-state index contributed by atoms with van der Waals surface area (Å²) in [5.74, 6) is 0.300. The lowest BCUT2D eigenvalue weighted by molar-refractivity contribution is 0.350. The fourth-order valence-electron chi connectivity index (χ4n) is 1.32. The van der Waals surface area contributed by atoms with E-state index in [9.17, 15) is 8.42 Å². The molecule has 0 aliphatic rings. The minimum atomic E-state index is -3.79. The summed E-state index contributed by atoms with van der Waals surface area (Å²) in [6.45, 7) is 3.93. The summed E-state index contributed by atoms with van der Waals surface area (Å²) in [5.41, 5.74) is 0.716. The quantitative estimate of drug-likeness (QED) is 0.866. The first-order valence-electron chi connectivity index (χ1n) is 4.93. The van der Waals surface area contributed by atoms with Crippen LogP contribution in [0.5, 0.6) is 5.75 Å². The van der Waals surface area contributed by atoms with Crippen molar-refractivity contribution in [2.24, 2.45) is 5.14 Å². The lowest BCUT2D eigenvalue weighted by atomic mass is 10.2. The van der Waals surface area contributed by atoms with Crippen LogP contribution < -0.4 is 9.88 Å². The summed E-state index contributed by atoms with van der Waals surface area (Å²) in [5, 5.41) is 5.15. The molecule has 0 aromatic heterocycles. The topological polar surface area (TPSA) is 69.4 Å². The van der Waals surface area contributed by atoms with E-state index in [4.69, 9.17) is 9.88 Å². The van der Waals surface area contributed by atoms with E-state index < -0.39 is 10.0 Å². The highest BCUT2D eigenvalue weighted by Crippen LogP contribution is 2.30. The van der Waals surface area contributed by atoms with E-state index in [1.54, 1.807) is 19.1 Å². The molecule has 0 fully saturated rings. The number of rotatable bonds is 4. The molecule has 0 heterocycles. The van der Waals surface area contributed by atoms with Crippen LogP contribution in [0.4, 0.5) is 0 Å². The number of nitrogens with two attached hydrogens (primary N) is 1. The van der Waals surface area contributed by atoms with Gasteiger partial charge >= 0.3 is 0 Å². The number of ether oxygens (including phenoxy) is 1. The van der Waals surface area contributed by atoms with E-state index in [1.807, 2.05) is 13.0 Å². The molecule has 94 valence electrons. The largest absolute Gasteiger partial charge is 0.488 e. The minimum absolute atomic E-state index is 0.00567. The van der Waals surface area contributed by atoms with Gasteiger partial charge in [0.15, 0.2) is 0 Å².